The van der Waals surface area contributed by atoms with E-state index in [2.05, 4.69) is 0 Å². The highest BCUT2D eigenvalue weighted by Gasteiger charge is 2.20. The molecule has 7 heteroatoms. The molecule has 7 nitrogen and oxygen atoms in total. The number of nitrogens with zero attached hydrogens (tertiary/aromatic N) is 2. The van der Waals surface area contributed by atoms with E-state index in [-0.39, 0.29) is 13.2 Å². The fourth-order valence-corrected chi connectivity index (χ4v) is 1.49. The molecular formula is C13H21N2O5+. The summed E-state index contributed by atoms with van der Waals surface area (Å²) in [6.45, 7) is 4.45. The fourth-order valence-electron chi connectivity index (χ4n) is 1.49. The predicted molar refractivity (Wildman–Crippen MR) is 68.6 cm³/mol. The molecule has 0 aliphatic carbocycles. The van der Waals surface area contributed by atoms with Crippen molar-refractivity contribution in [3.8, 4) is 0 Å². The SMILES string of the molecule is CCOCCOC(=O)C(C)OC(=O)C[n+]1ccn(C)c1. The summed E-state index contributed by atoms with van der Waals surface area (Å²) in [6.07, 6.45) is 4.37. The van der Waals surface area contributed by atoms with Crippen molar-refractivity contribution in [3.05, 3.63) is 18.7 Å². The Morgan fingerprint density at radius 2 is 2.10 bits per heavy atom. The summed E-state index contributed by atoms with van der Waals surface area (Å²) >= 11 is 0. The van der Waals surface area contributed by atoms with Crippen molar-refractivity contribution in [2.45, 2.75) is 26.5 Å². The highest BCUT2D eigenvalue weighted by molar-refractivity contribution is 5.78. The zero-order valence-electron chi connectivity index (χ0n) is 12.1. The van der Waals surface area contributed by atoms with Crippen LogP contribution in [0.4, 0.5) is 0 Å². The van der Waals surface area contributed by atoms with Crippen LogP contribution in [-0.4, -0.2) is 42.4 Å². The summed E-state index contributed by atoms with van der Waals surface area (Å²) in [5, 5.41) is 0. The number of imidazole rings is 1. The number of rotatable bonds is 8. The predicted octanol–water partition coefficient (Wildman–Crippen LogP) is -0.176. The molecule has 0 bridgehead atoms. The van der Waals surface area contributed by atoms with Crippen LogP contribution in [0.1, 0.15) is 13.8 Å². The number of aryl methyl sites for hydroxylation is 1. The average molecular weight is 285 g/mol. The third kappa shape index (κ3) is 5.83. The molecule has 0 saturated carbocycles. The molecule has 1 aromatic heterocycles. The molecule has 0 spiro atoms. The van der Waals surface area contributed by atoms with Gasteiger partial charge in [0, 0.05) is 6.61 Å². The zero-order valence-corrected chi connectivity index (χ0v) is 12.1. The van der Waals surface area contributed by atoms with Gasteiger partial charge in [-0.3, -0.25) is 0 Å². The van der Waals surface area contributed by atoms with Crippen LogP contribution in [0.5, 0.6) is 0 Å². The van der Waals surface area contributed by atoms with Crippen LogP contribution in [-0.2, 0) is 37.4 Å². The number of carbonyl (C=O) groups excluding carboxylic acids is 2. The van der Waals surface area contributed by atoms with Crippen molar-refractivity contribution >= 4 is 11.9 Å². The van der Waals surface area contributed by atoms with Gasteiger partial charge in [-0.1, -0.05) is 0 Å². The summed E-state index contributed by atoms with van der Waals surface area (Å²) in [5.74, 6) is -1.06. The molecule has 1 heterocycles. The first-order valence-electron chi connectivity index (χ1n) is 6.47. The summed E-state index contributed by atoms with van der Waals surface area (Å²) in [6, 6.07) is 0. The second-order valence-corrected chi connectivity index (χ2v) is 4.25. The lowest BCUT2D eigenvalue weighted by atomic mass is 10.4. The maximum Gasteiger partial charge on any atom is 0.349 e. The van der Waals surface area contributed by atoms with Crippen LogP contribution < -0.4 is 4.57 Å². The maximum atomic E-state index is 11.6. The summed E-state index contributed by atoms with van der Waals surface area (Å²) in [5.41, 5.74) is 0. The monoisotopic (exact) mass is 285 g/mol. The number of ether oxygens (including phenoxy) is 3. The molecule has 20 heavy (non-hydrogen) atoms. The Balaban J connectivity index is 2.28. The van der Waals surface area contributed by atoms with Gasteiger partial charge >= 0.3 is 11.9 Å². The van der Waals surface area contributed by atoms with Crippen LogP contribution >= 0.6 is 0 Å². The Kier molecular flexibility index (Phi) is 6.72. The minimum absolute atomic E-state index is 0.0530. The molecule has 0 fully saturated rings. The van der Waals surface area contributed by atoms with Crippen molar-refractivity contribution in [1.29, 1.82) is 0 Å². The summed E-state index contributed by atoms with van der Waals surface area (Å²) in [4.78, 5) is 23.2. The van der Waals surface area contributed by atoms with Crippen molar-refractivity contribution in [3.63, 3.8) is 0 Å². The molecule has 112 valence electrons. The van der Waals surface area contributed by atoms with E-state index in [1.54, 1.807) is 27.9 Å². The van der Waals surface area contributed by atoms with E-state index in [0.29, 0.717) is 13.2 Å². The first-order chi connectivity index (χ1) is 9.52. The third-order valence-corrected chi connectivity index (χ3v) is 2.45. The zero-order chi connectivity index (χ0) is 15.0. The quantitative estimate of drug-likeness (QED) is 0.376. The van der Waals surface area contributed by atoms with E-state index >= 15 is 0 Å². The number of hydrogen-bond donors (Lipinski definition) is 0. The average Bonchev–Trinajstić information content (AvgIpc) is 2.79. The van der Waals surface area contributed by atoms with Crippen LogP contribution in [0.25, 0.3) is 0 Å². The van der Waals surface area contributed by atoms with E-state index in [0.717, 1.165) is 0 Å². The molecule has 1 unspecified atom stereocenters. The molecule has 0 aromatic carbocycles. The Bertz CT molecular complexity index is 444. The number of esters is 2. The molecule has 0 radical (unpaired) electrons. The van der Waals surface area contributed by atoms with Gasteiger partial charge in [0.1, 0.15) is 19.0 Å². The number of carbonyl (C=O) groups is 2. The molecule has 1 rings (SSSR count). The van der Waals surface area contributed by atoms with Gasteiger partial charge in [-0.05, 0) is 13.8 Å². The van der Waals surface area contributed by atoms with Crippen LogP contribution in [0.3, 0.4) is 0 Å². The van der Waals surface area contributed by atoms with Gasteiger partial charge in [0.05, 0.1) is 13.7 Å². The lowest BCUT2D eigenvalue weighted by Gasteiger charge is -2.12. The van der Waals surface area contributed by atoms with Crippen molar-refractivity contribution in [2.24, 2.45) is 7.05 Å². The van der Waals surface area contributed by atoms with Gasteiger partial charge in [-0.25, -0.2) is 18.7 Å². The standard InChI is InChI=1S/C13H21N2O5/c1-4-18-7-8-19-13(17)11(2)20-12(16)9-15-6-5-14(3)10-15/h5-6,10-11H,4,7-9H2,1-3H3/q+1. The minimum atomic E-state index is -0.923. The van der Waals surface area contributed by atoms with Crippen LogP contribution in [0, 0.1) is 0 Å². The topological polar surface area (TPSA) is 70.6 Å². The highest BCUT2D eigenvalue weighted by atomic mass is 16.6. The van der Waals surface area contributed by atoms with E-state index < -0.39 is 18.0 Å². The van der Waals surface area contributed by atoms with Gasteiger partial charge in [0.2, 0.25) is 6.33 Å². The van der Waals surface area contributed by atoms with Crippen molar-refractivity contribution in [2.75, 3.05) is 19.8 Å². The van der Waals surface area contributed by atoms with E-state index in [1.807, 2.05) is 14.0 Å². The summed E-state index contributed by atoms with van der Waals surface area (Å²) in [7, 11) is 1.85. The Hall–Kier alpha value is -1.89. The molecular weight excluding hydrogens is 264 g/mol. The lowest BCUT2D eigenvalue weighted by molar-refractivity contribution is -0.685. The van der Waals surface area contributed by atoms with Gasteiger partial charge in [0.25, 0.3) is 0 Å². The Labute approximate surface area is 118 Å². The number of hydrogen-bond acceptors (Lipinski definition) is 5. The molecule has 0 saturated heterocycles. The van der Waals surface area contributed by atoms with Crippen LogP contribution in [0.2, 0.25) is 0 Å². The number of aromatic nitrogens is 2. The van der Waals surface area contributed by atoms with Crippen LogP contribution in [0.15, 0.2) is 18.7 Å². The maximum absolute atomic E-state index is 11.6. The van der Waals surface area contributed by atoms with Gasteiger partial charge in [-0.2, -0.15) is 0 Å². The Morgan fingerprint density at radius 3 is 2.70 bits per heavy atom. The van der Waals surface area contributed by atoms with Crippen molar-refractivity contribution in [1.82, 2.24) is 4.57 Å². The highest BCUT2D eigenvalue weighted by Crippen LogP contribution is 1.96. The third-order valence-electron chi connectivity index (χ3n) is 2.45. The lowest BCUT2D eigenvalue weighted by Crippen LogP contribution is -2.39. The Morgan fingerprint density at radius 1 is 1.35 bits per heavy atom. The van der Waals surface area contributed by atoms with Crippen molar-refractivity contribution < 1.29 is 28.4 Å². The molecule has 0 aliphatic rings. The minimum Gasteiger partial charge on any atom is -0.461 e. The van der Waals surface area contributed by atoms with Gasteiger partial charge in [0.15, 0.2) is 12.6 Å². The fraction of sp³-hybridized carbons (Fsp3) is 0.615. The smallest absolute Gasteiger partial charge is 0.349 e. The molecule has 1 atom stereocenters. The molecule has 0 amide bonds. The van der Waals surface area contributed by atoms with Gasteiger partial charge < -0.3 is 14.2 Å². The van der Waals surface area contributed by atoms with E-state index in [1.165, 1.54) is 6.92 Å². The normalized spacial score (nSPS) is 11.9. The second-order valence-electron chi connectivity index (χ2n) is 4.25. The molecule has 0 N–H and O–H groups in total. The molecule has 1 aromatic rings. The van der Waals surface area contributed by atoms with E-state index in [4.69, 9.17) is 14.2 Å². The second kappa shape index (κ2) is 8.31. The molecule has 0 aliphatic heterocycles. The van der Waals surface area contributed by atoms with E-state index in [9.17, 15) is 9.59 Å². The first kappa shape index (κ1) is 16.2. The van der Waals surface area contributed by atoms with Gasteiger partial charge in [-0.15, -0.1) is 0 Å². The largest absolute Gasteiger partial charge is 0.461 e. The summed E-state index contributed by atoms with van der Waals surface area (Å²) < 4.78 is 18.4. The first-order valence-corrected chi connectivity index (χ1v) is 6.47.